The number of ether oxygens (including phenoxy) is 1. The van der Waals surface area contributed by atoms with E-state index in [1.54, 1.807) is 24.3 Å². The van der Waals surface area contributed by atoms with E-state index in [4.69, 9.17) is 4.74 Å². The smallest absolute Gasteiger partial charge is 0.255 e. The number of hydrogen-bond acceptors (Lipinski definition) is 4. The van der Waals surface area contributed by atoms with Gasteiger partial charge in [-0.1, -0.05) is 0 Å². The molecule has 0 spiro atoms. The third kappa shape index (κ3) is 3.70. The van der Waals surface area contributed by atoms with E-state index in [0.717, 1.165) is 12.1 Å². The van der Waals surface area contributed by atoms with Crippen molar-refractivity contribution in [3.8, 4) is 11.6 Å². The van der Waals surface area contributed by atoms with Crippen LogP contribution in [0.15, 0.2) is 61.1 Å². The molecule has 0 radical (unpaired) electrons. The number of halogens is 2. The highest BCUT2D eigenvalue weighted by Gasteiger charge is 2.10. The summed E-state index contributed by atoms with van der Waals surface area (Å²) >= 11 is 0. The Morgan fingerprint density at radius 2 is 1.79 bits per heavy atom. The molecule has 2 aromatic carbocycles. The SMILES string of the molecule is O=C(Nc1ccc(Oc2cnccn2)cc1)c1ccc(F)c(F)c1. The minimum atomic E-state index is -1.07. The van der Waals surface area contributed by atoms with E-state index < -0.39 is 17.5 Å². The Morgan fingerprint density at radius 3 is 2.46 bits per heavy atom. The molecule has 1 heterocycles. The van der Waals surface area contributed by atoms with Crippen LogP contribution in [0.2, 0.25) is 0 Å². The largest absolute Gasteiger partial charge is 0.438 e. The molecule has 120 valence electrons. The van der Waals surface area contributed by atoms with Gasteiger partial charge in [-0.15, -0.1) is 0 Å². The van der Waals surface area contributed by atoms with Gasteiger partial charge in [0.25, 0.3) is 5.91 Å². The Morgan fingerprint density at radius 1 is 1.00 bits per heavy atom. The number of carbonyl (C=O) groups excluding carboxylic acids is 1. The molecule has 0 aliphatic carbocycles. The lowest BCUT2D eigenvalue weighted by atomic mass is 10.2. The second-order valence-electron chi connectivity index (χ2n) is 4.75. The van der Waals surface area contributed by atoms with Crippen LogP contribution in [0.25, 0.3) is 0 Å². The highest BCUT2D eigenvalue weighted by Crippen LogP contribution is 2.21. The molecule has 0 bridgehead atoms. The van der Waals surface area contributed by atoms with Gasteiger partial charge in [0.15, 0.2) is 11.6 Å². The molecule has 0 saturated carbocycles. The number of aromatic nitrogens is 2. The lowest BCUT2D eigenvalue weighted by molar-refractivity contribution is 0.102. The lowest BCUT2D eigenvalue weighted by Gasteiger charge is -2.07. The van der Waals surface area contributed by atoms with Gasteiger partial charge in [0.1, 0.15) is 5.75 Å². The van der Waals surface area contributed by atoms with Gasteiger partial charge in [0, 0.05) is 23.6 Å². The summed E-state index contributed by atoms with van der Waals surface area (Å²) in [4.78, 5) is 19.9. The van der Waals surface area contributed by atoms with Crippen LogP contribution in [0.1, 0.15) is 10.4 Å². The first kappa shape index (κ1) is 15.5. The Balaban J connectivity index is 1.67. The summed E-state index contributed by atoms with van der Waals surface area (Å²) in [5, 5.41) is 2.58. The fraction of sp³-hybridized carbons (Fsp3) is 0. The molecule has 5 nitrogen and oxygen atoms in total. The molecule has 0 fully saturated rings. The Bertz CT molecular complexity index is 855. The van der Waals surface area contributed by atoms with Crippen molar-refractivity contribution in [3.05, 3.63) is 78.3 Å². The summed E-state index contributed by atoms with van der Waals surface area (Å²) in [5.41, 5.74) is 0.505. The first-order valence-corrected chi connectivity index (χ1v) is 6.92. The molecule has 3 rings (SSSR count). The third-order valence-corrected chi connectivity index (χ3v) is 3.06. The average Bonchev–Trinajstić information content (AvgIpc) is 2.60. The molecule has 0 saturated heterocycles. The van der Waals surface area contributed by atoms with Gasteiger partial charge in [0.05, 0.1) is 6.20 Å². The van der Waals surface area contributed by atoms with E-state index >= 15 is 0 Å². The molecule has 0 unspecified atom stereocenters. The quantitative estimate of drug-likeness (QED) is 0.791. The average molecular weight is 327 g/mol. The molecular formula is C17H11F2N3O2. The normalized spacial score (nSPS) is 10.2. The summed E-state index contributed by atoms with van der Waals surface area (Å²) in [6.07, 6.45) is 4.51. The van der Waals surface area contributed by atoms with Crippen LogP contribution in [0.3, 0.4) is 0 Å². The van der Waals surface area contributed by atoms with Crippen molar-refractivity contribution in [1.29, 1.82) is 0 Å². The molecule has 7 heteroatoms. The zero-order valence-corrected chi connectivity index (χ0v) is 12.2. The van der Waals surface area contributed by atoms with Gasteiger partial charge in [0.2, 0.25) is 5.88 Å². The van der Waals surface area contributed by atoms with Gasteiger partial charge in [-0.2, -0.15) is 0 Å². The summed E-state index contributed by atoms with van der Waals surface area (Å²) in [6, 6.07) is 9.45. The van der Waals surface area contributed by atoms with Crippen LogP contribution >= 0.6 is 0 Å². The van der Waals surface area contributed by atoms with Crippen LogP contribution in [0.4, 0.5) is 14.5 Å². The van der Waals surface area contributed by atoms with Crippen LogP contribution in [-0.2, 0) is 0 Å². The zero-order valence-electron chi connectivity index (χ0n) is 12.2. The fourth-order valence-electron chi connectivity index (χ4n) is 1.91. The number of rotatable bonds is 4. The van der Waals surface area contributed by atoms with Crippen molar-refractivity contribution in [1.82, 2.24) is 9.97 Å². The molecule has 1 aromatic heterocycles. The Hall–Kier alpha value is -3.35. The maximum absolute atomic E-state index is 13.2. The van der Waals surface area contributed by atoms with E-state index in [1.165, 1.54) is 24.7 Å². The topological polar surface area (TPSA) is 64.1 Å². The number of amides is 1. The van der Waals surface area contributed by atoms with Crippen LogP contribution in [0.5, 0.6) is 11.6 Å². The molecular weight excluding hydrogens is 316 g/mol. The number of hydrogen-bond donors (Lipinski definition) is 1. The molecule has 24 heavy (non-hydrogen) atoms. The predicted octanol–water partition coefficient (Wildman–Crippen LogP) is 3.80. The van der Waals surface area contributed by atoms with E-state index in [0.29, 0.717) is 17.3 Å². The van der Waals surface area contributed by atoms with Crippen molar-refractivity contribution < 1.29 is 18.3 Å². The van der Waals surface area contributed by atoms with E-state index in [9.17, 15) is 13.6 Å². The number of benzene rings is 2. The summed E-state index contributed by atoms with van der Waals surface area (Å²) < 4.78 is 31.5. The molecule has 0 aliphatic rings. The van der Waals surface area contributed by atoms with Crippen LogP contribution in [-0.4, -0.2) is 15.9 Å². The second kappa shape index (κ2) is 6.82. The second-order valence-corrected chi connectivity index (χ2v) is 4.75. The monoisotopic (exact) mass is 327 g/mol. The number of nitrogens with one attached hydrogen (secondary N) is 1. The van der Waals surface area contributed by atoms with Crippen molar-refractivity contribution in [2.75, 3.05) is 5.32 Å². The van der Waals surface area contributed by atoms with Crippen molar-refractivity contribution in [2.24, 2.45) is 0 Å². The first-order chi connectivity index (χ1) is 11.6. The molecule has 0 atom stereocenters. The number of anilines is 1. The highest BCUT2D eigenvalue weighted by molar-refractivity contribution is 6.04. The van der Waals surface area contributed by atoms with Crippen LogP contribution in [0, 0.1) is 11.6 Å². The Labute approximate surface area is 136 Å². The first-order valence-electron chi connectivity index (χ1n) is 6.92. The minimum absolute atomic E-state index is 0.0220. The van der Waals surface area contributed by atoms with E-state index in [2.05, 4.69) is 15.3 Å². The van der Waals surface area contributed by atoms with Gasteiger partial charge in [-0.3, -0.25) is 9.78 Å². The van der Waals surface area contributed by atoms with Gasteiger partial charge < -0.3 is 10.1 Å². The molecule has 3 aromatic rings. The van der Waals surface area contributed by atoms with E-state index in [1.807, 2.05) is 0 Å². The number of nitrogens with zero attached hydrogens (tertiary/aromatic N) is 2. The van der Waals surface area contributed by atoms with E-state index in [-0.39, 0.29) is 5.56 Å². The third-order valence-electron chi connectivity index (χ3n) is 3.06. The lowest BCUT2D eigenvalue weighted by Crippen LogP contribution is -2.12. The number of carbonyl (C=O) groups is 1. The predicted molar refractivity (Wildman–Crippen MR) is 82.9 cm³/mol. The molecule has 0 aliphatic heterocycles. The maximum atomic E-state index is 13.2. The standard InChI is InChI=1S/C17H11F2N3O2/c18-14-6-1-11(9-15(14)19)17(23)22-12-2-4-13(5-3-12)24-16-10-20-7-8-21-16/h1-10H,(H,22,23). The van der Waals surface area contributed by atoms with Crippen molar-refractivity contribution in [2.45, 2.75) is 0 Å². The summed E-state index contributed by atoms with van der Waals surface area (Å²) in [5.74, 6) is -1.76. The Kier molecular flexibility index (Phi) is 4.42. The maximum Gasteiger partial charge on any atom is 0.255 e. The summed E-state index contributed by atoms with van der Waals surface area (Å²) in [6.45, 7) is 0. The minimum Gasteiger partial charge on any atom is -0.438 e. The van der Waals surface area contributed by atoms with Crippen molar-refractivity contribution >= 4 is 11.6 Å². The van der Waals surface area contributed by atoms with Crippen molar-refractivity contribution in [3.63, 3.8) is 0 Å². The molecule has 1 amide bonds. The van der Waals surface area contributed by atoms with Gasteiger partial charge in [-0.05, 0) is 42.5 Å². The summed E-state index contributed by atoms with van der Waals surface area (Å²) in [7, 11) is 0. The molecule has 1 N–H and O–H groups in total. The van der Waals surface area contributed by atoms with Gasteiger partial charge >= 0.3 is 0 Å². The van der Waals surface area contributed by atoms with Crippen LogP contribution < -0.4 is 10.1 Å². The van der Waals surface area contributed by atoms with Gasteiger partial charge in [-0.25, -0.2) is 13.8 Å². The zero-order chi connectivity index (χ0) is 16.9. The highest BCUT2D eigenvalue weighted by atomic mass is 19.2. The fourth-order valence-corrected chi connectivity index (χ4v) is 1.91.